The number of hydrogen-bond donors (Lipinski definition) is 1. The van der Waals surface area contributed by atoms with Crippen LogP contribution < -0.4 is 19.1 Å². The van der Waals surface area contributed by atoms with Gasteiger partial charge in [0.2, 0.25) is 11.8 Å². The summed E-state index contributed by atoms with van der Waals surface area (Å²) in [4.78, 5) is 28.4. The van der Waals surface area contributed by atoms with E-state index in [1.54, 1.807) is 37.3 Å². The zero-order valence-corrected chi connectivity index (χ0v) is 25.1. The SMILES string of the molecule is CCCCNC(=O)[C@H](C)N(Cc1ccc(C)cc1)C(=O)CN(c1ccccc1)S(=O)(=O)c1ccc(OC)c(OC)c1. The Balaban J connectivity index is 2.01. The minimum absolute atomic E-state index is 0.0674. The molecular weight excluding hydrogens is 542 g/mol. The van der Waals surface area contributed by atoms with Gasteiger partial charge in [-0.1, -0.05) is 61.4 Å². The van der Waals surface area contributed by atoms with Crippen molar-refractivity contribution in [3.05, 3.63) is 83.9 Å². The molecule has 0 aromatic heterocycles. The largest absolute Gasteiger partial charge is 0.493 e. The van der Waals surface area contributed by atoms with Gasteiger partial charge in [-0.3, -0.25) is 13.9 Å². The fourth-order valence-electron chi connectivity index (χ4n) is 4.24. The highest BCUT2D eigenvalue weighted by molar-refractivity contribution is 7.92. The number of unbranched alkanes of at least 4 members (excludes halogenated alkanes) is 1. The van der Waals surface area contributed by atoms with E-state index in [1.807, 2.05) is 38.1 Å². The monoisotopic (exact) mass is 581 g/mol. The molecule has 0 saturated heterocycles. The van der Waals surface area contributed by atoms with Crippen LogP contribution in [0.2, 0.25) is 0 Å². The summed E-state index contributed by atoms with van der Waals surface area (Å²) in [5.41, 5.74) is 2.20. The summed E-state index contributed by atoms with van der Waals surface area (Å²) in [5.74, 6) is -0.197. The maximum Gasteiger partial charge on any atom is 0.264 e. The van der Waals surface area contributed by atoms with Crippen LogP contribution in [-0.2, 0) is 26.2 Å². The number of hydrogen-bond acceptors (Lipinski definition) is 6. The predicted octanol–water partition coefficient (Wildman–Crippen LogP) is 4.54. The van der Waals surface area contributed by atoms with Crippen LogP contribution in [-0.4, -0.2) is 58.5 Å². The number of sulfonamides is 1. The summed E-state index contributed by atoms with van der Waals surface area (Å²) < 4.78 is 39.7. The Morgan fingerprint density at radius 1 is 0.927 bits per heavy atom. The number of rotatable bonds is 14. The zero-order valence-electron chi connectivity index (χ0n) is 24.3. The van der Waals surface area contributed by atoms with E-state index in [-0.39, 0.29) is 23.1 Å². The number of benzene rings is 3. The average Bonchev–Trinajstić information content (AvgIpc) is 2.99. The van der Waals surface area contributed by atoms with Gasteiger partial charge in [0.25, 0.3) is 10.0 Å². The molecule has 0 aliphatic rings. The first-order chi connectivity index (χ1) is 19.6. The van der Waals surface area contributed by atoms with Gasteiger partial charge in [0.1, 0.15) is 12.6 Å². The van der Waals surface area contributed by atoms with Crippen LogP contribution in [0.5, 0.6) is 11.5 Å². The van der Waals surface area contributed by atoms with Crippen LogP contribution in [0.15, 0.2) is 77.7 Å². The highest BCUT2D eigenvalue weighted by Crippen LogP contribution is 2.32. The number of nitrogens with one attached hydrogen (secondary N) is 1. The number of aryl methyl sites for hydroxylation is 1. The molecule has 1 N–H and O–H groups in total. The van der Waals surface area contributed by atoms with E-state index in [0.717, 1.165) is 28.3 Å². The number of anilines is 1. The van der Waals surface area contributed by atoms with E-state index in [4.69, 9.17) is 9.47 Å². The minimum atomic E-state index is -4.23. The van der Waals surface area contributed by atoms with Crippen LogP contribution in [0.1, 0.15) is 37.8 Å². The Hall–Kier alpha value is -4.05. The smallest absolute Gasteiger partial charge is 0.264 e. The number of amides is 2. The van der Waals surface area contributed by atoms with E-state index in [9.17, 15) is 18.0 Å². The Morgan fingerprint density at radius 2 is 1.59 bits per heavy atom. The van der Waals surface area contributed by atoms with Gasteiger partial charge in [-0.15, -0.1) is 0 Å². The molecule has 0 spiro atoms. The van der Waals surface area contributed by atoms with Gasteiger partial charge in [0, 0.05) is 19.2 Å². The molecule has 0 unspecified atom stereocenters. The van der Waals surface area contributed by atoms with E-state index in [0.29, 0.717) is 18.0 Å². The van der Waals surface area contributed by atoms with Crippen molar-refractivity contribution in [3.63, 3.8) is 0 Å². The summed E-state index contributed by atoms with van der Waals surface area (Å²) >= 11 is 0. The lowest BCUT2D eigenvalue weighted by Gasteiger charge is -2.32. The zero-order chi connectivity index (χ0) is 30.0. The van der Waals surface area contributed by atoms with Gasteiger partial charge in [-0.25, -0.2) is 8.42 Å². The molecule has 0 heterocycles. The van der Waals surface area contributed by atoms with Crippen LogP contribution in [0.3, 0.4) is 0 Å². The van der Waals surface area contributed by atoms with Crippen LogP contribution >= 0.6 is 0 Å². The standard InChI is InChI=1S/C31H39N3O6S/c1-6-7-19-32-31(36)24(3)33(21-25-15-13-23(2)14-16-25)30(35)22-34(26-11-9-8-10-12-26)41(37,38)27-17-18-28(39-4)29(20-27)40-5/h8-18,20,24H,6-7,19,21-22H2,1-5H3,(H,32,36)/t24-/m0/s1. The fraction of sp³-hybridized carbons (Fsp3) is 0.355. The van der Waals surface area contributed by atoms with Crippen LogP contribution in [0.25, 0.3) is 0 Å². The molecule has 0 bridgehead atoms. The lowest BCUT2D eigenvalue weighted by molar-refractivity contribution is -0.139. The van der Waals surface area contributed by atoms with Gasteiger partial charge in [0.05, 0.1) is 24.8 Å². The molecule has 10 heteroatoms. The topological polar surface area (TPSA) is 105 Å². The van der Waals surface area contributed by atoms with Gasteiger partial charge in [-0.2, -0.15) is 0 Å². The molecule has 9 nitrogen and oxygen atoms in total. The van der Waals surface area contributed by atoms with Gasteiger partial charge in [-0.05, 0) is 50.1 Å². The lowest BCUT2D eigenvalue weighted by atomic mass is 10.1. The molecule has 0 aliphatic carbocycles. The van der Waals surface area contributed by atoms with Crippen molar-refractivity contribution in [1.29, 1.82) is 0 Å². The third-order valence-electron chi connectivity index (χ3n) is 6.74. The molecule has 3 rings (SSSR count). The maximum atomic E-state index is 14.0. The first kappa shape index (κ1) is 31.5. The molecule has 0 saturated carbocycles. The number of carbonyl (C=O) groups excluding carboxylic acids is 2. The second-order valence-electron chi connectivity index (χ2n) is 9.69. The fourth-order valence-corrected chi connectivity index (χ4v) is 5.67. The first-order valence-corrected chi connectivity index (χ1v) is 15.0. The number of nitrogens with zero attached hydrogens (tertiary/aromatic N) is 2. The molecule has 0 aliphatic heterocycles. The Labute approximate surface area is 243 Å². The maximum absolute atomic E-state index is 14.0. The van der Waals surface area contributed by atoms with Crippen molar-refractivity contribution in [3.8, 4) is 11.5 Å². The lowest BCUT2D eigenvalue weighted by Crippen LogP contribution is -2.51. The molecule has 0 fully saturated rings. The summed E-state index contributed by atoms with van der Waals surface area (Å²) in [6.45, 7) is 5.77. The minimum Gasteiger partial charge on any atom is -0.493 e. The van der Waals surface area contributed by atoms with Gasteiger partial charge >= 0.3 is 0 Å². The second kappa shape index (κ2) is 14.5. The molecule has 1 atom stereocenters. The van der Waals surface area contributed by atoms with Crippen molar-refractivity contribution in [1.82, 2.24) is 10.2 Å². The van der Waals surface area contributed by atoms with Crippen molar-refractivity contribution in [2.75, 3.05) is 31.6 Å². The van der Waals surface area contributed by atoms with Crippen molar-refractivity contribution >= 4 is 27.5 Å². The second-order valence-corrected chi connectivity index (χ2v) is 11.6. The molecule has 41 heavy (non-hydrogen) atoms. The summed E-state index contributed by atoms with van der Waals surface area (Å²) in [5, 5.41) is 2.89. The van der Waals surface area contributed by atoms with Gasteiger partial charge in [0.15, 0.2) is 11.5 Å². The Bertz CT molecular complexity index is 1410. The number of ether oxygens (including phenoxy) is 2. The van der Waals surface area contributed by atoms with Crippen LogP contribution in [0.4, 0.5) is 5.69 Å². The van der Waals surface area contributed by atoms with Crippen molar-refractivity contribution in [2.45, 2.75) is 51.1 Å². The first-order valence-electron chi connectivity index (χ1n) is 13.5. The number of para-hydroxylation sites is 1. The van der Waals surface area contributed by atoms with Gasteiger partial charge < -0.3 is 19.7 Å². The average molecular weight is 582 g/mol. The Kier molecular flexibility index (Phi) is 11.2. The number of carbonyl (C=O) groups is 2. The third-order valence-corrected chi connectivity index (χ3v) is 8.51. The molecular formula is C31H39N3O6S. The van der Waals surface area contributed by atoms with Crippen molar-refractivity contribution in [2.24, 2.45) is 0 Å². The van der Waals surface area contributed by atoms with Crippen LogP contribution in [0, 0.1) is 6.92 Å². The predicted molar refractivity (Wildman–Crippen MR) is 160 cm³/mol. The van der Waals surface area contributed by atoms with E-state index < -0.39 is 28.5 Å². The molecule has 0 radical (unpaired) electrons. The highest BCUT2D eigenvalue weighted by Gasteiger charge is 2.33. The molecule has 2 amide bonds. The van der Waals surface area contributed by atoms with E-state index in [1.165, 1.54) is 37.3 Å². The Morgan fingerprint density at radius 3 is 2.20 bits per heavy atom. The number of methoxy groups -OCH3 is 2. The highest BCUT2D eigenvalue weighted by atomic mass is 32.2. The quantitative estimate of drug-likeness (QED) is 0.280. The molecule has 3 aromatic rings. The summed E-state index contributed by atoms with van der Waals surface area (Å²) in [6.07, 6.45) is 1.73. The molecule has 220 valence electrons. The van der Waals surface area contributed by atoms with E-state index >= 15 is 0 Å². The third kappa shape index (κ3) is 8.00. The van der Waals surface area contributed by atoms with E-state index in [2.05, 4.69) is 5.32 Å². The molecule has 3 aromatic carbocycles. The summed E-state index contributed by atoms with van der Waals surface area (Å²) in [7, 11) is -1.35. The normalized spacial score (nSPS) is 11.8. The summed E-state index contributed by atoms with van der Waals surface area (Å²) in [6, 6.07) is 19.5. The van der Waals surface area contributed by atoms with Crippen molar-refractivity contribution < 1.29 is 27.5 Å².